The quantitative estimate of drug-likeness (QED) is 0.276. The molecule has 14 heteroatoms. The van der Waals surface area contributed by atoms with Gasteiger partial charge in [-0.1, -0.05) is 23.2 Å². The van der Waals surface area contributed by atoms with Crippen LogP contribution in [0, 0.1) is 0 Å². The highest BCUT2D eigenvalue weighted by atomic mass is 35.5. The molecule has 3 saturated heterocycles. The van der Waals surface area contributed by atoms with Gasteiger partial charge in [-0.15, -0.1) is 0 Å². The van der Waals surface area contributed by atoms with Crippen LogP contribution in [-0.2, 0) is 23.6 Å². The van der Waals surface area contributed by atoms with Crippen LogP contribution < -0.4 is 15.8 Å². The Kier molecular flexibility index (Phi) is 7.56. The summed E-state index contributed by atoms with van der Waals surface area (Å²) in [6.45, 7) is 8.26. The zero-order valence-electron chi connectivity index (χ0n) is 27.1. The lowest BCUT2D eigenvalue weighted by atomic mass is 9.84. The standard InChI is InChI=1S/C32H40Cl2N8O4/c1-31(2,3)46-30(44)36-32(4)15-17-10-11-18(16-32)41(17)29-35-27-23(28(43)39(29)5)25(38-42(27)21-9-7-8-14-45-21)19-12-13-20-22(24(19)33)26(34)40(6)37-20/h12-13,17-18,21H,7-11,14-16H2,1-6H3,(H,36,44). The topological polar surface area (TPSA) is 121 Å². The van der Waals surface area contributed by atoms with Gasteiger partial charge in [0.2, 0.25) is 5.95 Å². The van der Waals surface area contributed by atoms with Gasteiger partial charge in [-0.25, -0.2) is 9.48 Å². The molecule has 0 radical (unpaired) electrons. The van der Waals surface area contributed by atoms with E-state index in [9.17, 15) is 9.59 Å². The monoisotopic (exact) mass is 670 g/mol. The van der Waals surface area contributed by atoms with E-state index in [1.165, 1.54) is 0 Å². The molecule has 7 rings (SSSR count). The Morgan fingerprint density at radius 2 is 1.78 bits per heavy atom. The molecule has 246 valence electrons. The highest BCUT2D eigenvalue weighted by Crippen LogP contribution is 2.44. The number of alkyl carbamates (subject to hydrolysis) is 1. The average Bonchev–Trinajstić information content (AvgIpc) is 3.59. The SMILES string of the molecule is Cn1nc2ccc(-c3nn(C4CCCCO4)c4nc(N5C6CCC5CC(C)(NC(=O)OC(C)(C)C)C6)n(C)c(=O)c34)c(Cl)c2c1Cl. The molecule has 3 atom stereocenters. The van der Waals surface area contributed by atoms with Crippen molar-refractivity contribution in [2.45, 2.75) is 102 Å². The molecule has 2 bridgehead atoms. The van der Waals surface area contributed by atoms with E-state index in [1.54, 1.807) is 28.0 Å². The van der Waals surface area contributed by atoms with Crippen molar-refractivity contribution in [3.05, 3.63) is 32.7 Å². The number of nitrogens with zero attached hydrogens (tertiary/aromatic N) is 7. The van der Waals surface area contributed by atoms with Gasteiger partial charge in [-0.3, -0.25) is 14.0 Å². The molecule has 3 aromatic heterocycles. The Hall–Kier alpha value is -3.35. The summed E-state index contributed by atoms with van der Waals surface area (Å²) < 4.78 is 16.7. The number of aryl methyl sites for hydroxylation is 1. The molecule has 1 aromatic carbocycles. The highest BCUT2D eigenvalue weighted by Gasteiger charge is 2.48. The fourth-order valence-electron chi connectivity index (χ4n) is 7.55. The molecule has 0 aliphatic carbocycles. The largest absolute Gasteiger partial charge is 0.444 e. The molecule has 3 fully saturated rings. The van der Waals surface area contributed by atoms with E-state index in [2.05, 4.69) is 22.2 Å². The minimum Gasteiger partial charge on any atom is -0.444 e. The Bertz CT molecular complexity index is 1910. The molecule has 3 aliphatic rings. The summed E-state index contributed by atoms with van der Waals surface area (Å²) in [5, 5.41) is 14.4. The lowest BCUT2D eigenvalue weighted by Crippen LogP contribution is -2.59. The van der Waals surface area contributed by atoms with E-state index in [-0.39, 0.29) is 23.9 Å². The number of carbonyl (C=O) groups excluding carboxylic acids is 1. The van der Waals surface area contributed by atoms with Gasteiger partial charge in [0.1, 0.15) is 21.8 Å². The Morgan fingerprint density at radius 3 is 2.43 bits per heavy atom. The number of carbonyl (C=O) groups is 1. The summed E-state index contributed by atoms with van der Waals surface area (Å²) in [6.07, 6.45) is 5.21. The van der Waals surface area contributed by atoms with Gasteiger partial charge in [0.15, 0.2) is 11.9 Å². The first kappa shape index (κ1) is 31.3. The molecular weight excluding hydrogens is 631 g/mol. The molecule has 0 saturated carbocycles. The van der Waals surface area contributed by atoms with Crippen LogP contribution in [0.3, 0.4) is 0 Å². The Balaban J connectivity index is 1.33. The van der Waals surface area contributed by atoms with Crippen LogP contribution in [0.2, 0.25) is 10.2 Å². The predicted octanol–water partition coefficient (Wildman–Crippen LogP) is 6.10. The Morgan fingerprint density at radius 1 is 1.07 bits per heavy atom. The molecule has 1 N–H and O–H groups in total. The third-order valence-electron chi connectivity index (χ3n) is 9.49. The number of ether oxygens (including phenoxy) is 2. The molecule has 4 aromatic rings. The zero-order chi connectivity index (χ0) is 32.7. The third-order valence-corrected chi connectivity index (χ3v) is 10.3. The molecule has 0 spiro atoms. The first-order valence-electron chi connectivity index (χ1n) is 16.0. The van der Waals surface area contributed by atoms with Crippen LogP contribution in [-0.4, -0.2) is 65.0 Å². The van der Waals surface area contributed by atoms with Crippen LogP contribution >= 0.6 is 23.2 Å². The van der Waals surface area contributed by atoms with Crippen molar-refractivity contribution < 1.29 is 14.3 Å². The molecule has 3 unspecified atom stereocenters. The van der Waals surface area contributed by atoms with E-state index in [1.807, 2.05) is 32.9 Å². The number of hydrogen-bond donors (Lipinski definition) is 1. The summed E-state index contributed by atoms with van der Waals surface area (Å²) in [6, 6.07) is 3.84. The number of amides is 1. The maximum Gasteiger partial charge on any atom is 0.408 e. The van der Waals surface area contributed by atoms with E-state index in [4.69, 9.17) is 42.8 Å². The predicted molar refractivity (Wildman–Crippen MR) is 178 cm³/mol. The average molecular weight is 672 g/mol. The first-order valence-corrected chi connectivity index (χ1v) is 16.7. The summed E-state index contributed by atoms with van der Waals surface area (Å²) in [4.78, 5) is 34.6. The normalized spacial score (nSPS) is 25.0. The molecule has 46 heavy (non-hydrogen) atoms. The van der Waals surface area contributed by atoms with E-state index in [0.29, 0.717) is 68.8 Å². The fraction of sp³-hybridized carbons (Fsp3) is 0.594. The van der Waals surface area contributed by atoms with Gasteiger partial charge in [-0.2, -0.15) is 15.2 Å². The van der Waals surface area contributed by atoms with Crippen molar-refractivity contribution in [3.63, 3.8) is 0 Å². The number of anilines is 1. The lowest BCUT2D eigenvalue weighted by molar-refractivity contribution is -0.0368. The minimum atomic E-state index is -0.582. The summed E-state index contributed by atoms with van der Waals surface area (Å²) in [5.41, 5.74) is 0.896. The number of halogens is 2. The molecule has 3 aliphatic heterocycles. The summed E-state index contributed by atoms with van der Waals surface area (Å²) in [7, 11) is 3.52. The van der Waals surface area contributed by atoms with Crippen molar-refractivity contribution in [2.75, 3.05) is 11.5 Å². The second-order valence-electron chi connectivity index (χ2n) is 14.2. The molecule has 12 nitrogen and oxygen atoms in total. The van der Waals surface area contributed by atoms with Gasteiger partial charge in [0, 0.05) is 43.9 Å². The van der Waals surface area contributed by atoms with Crippen LogP contribution in [0.25, 0.3) is 33.2 Å². The number of fused-ring (bicyclic) bond motifs is 4. The summed E-state index contributed by atoms with van der Waals surface area (Å²) >= 11 is 13.6. The van der Waals surface area contributed by atoms with Crippen LogP contribution in [0.1, 0.15) is 78.9 Å². The highest BCUT2D eigenvalue weighted by molar-refractivity contribution is 6.43. The number of piperidine rings is 1. The number of aromatic nitrogens is 6. The molecule has 1 amide bonds. The number of benzene rings is 1. The maximum atomic E-state index is 14.4. The van der Waals surface area contributed by atoms with E-state index >= 15 is 0 Å². The lowest BCUT2D eigenvalue weighted by Gasteiger charge is -2.45. The molecule has 6 heterocycles. The van der Waals surface area contributed by atoms with Crippen LogP contribution in [0.4, 0.5) is 10.7 Å². The van der Waals surface area contributed by atoms with Crippen molar-refractivity contribution in [1.82, 2.24) is 34.4 Å². The van der Waals surface area contributed by atoms with Gasteiger partial charge in [0.05, 0.1) is 15.9 Å². The van der Waals surface area contributed by atoms with Crippen molar-refractivity contribution in [2.24, 2.45) is 14.1 Å². The zero-order valence-corrected chi connectivity index (χ0v) is 28.6. The minimum absolute atomic E-state index is 0.0839. The van der Waals surface area contributed by atoms with Crippen LogP contribution in [0.5, 0.6) is 0 Å². The smallest absolute Gasteiger partial charge is 0.408 e. The van der Waals surface area contributed by atoms with E-state index < -0.39 is 17.2 Å². The number of nitrogens with one attached hydrogen (secondary N) is 1. The summed E-state index contributed by atoms with van der Waals surface area (Å²) in [5.74, 6) is 0.588. The fourth-order valence-corrected chi connectivity index (χ4v) is 8.17. The Labute approximate surface area is 276 Å². The van der Waals surface area contributed by atoms with Crippen molar-refractivity contribution in [1.29, 1.82) is 0 Å². The van der Waals surface area contributed by atoms with Crippen molar-refractivity contribution >= 4 is 57.2 Å². The second kappa shape index (κ2) is 11.1. The second-order valence-corrected chi connectivity index (χ2v) is 14.9. The van der Waals surface area contributed by atoms with Crippen molar-refractivity contribution in [3.8, 4) is 11.3 Å². The number of hydrogen-bond acceptors (Lipinski definition) is 8. The van der Waals surface area contributed by atoms with Gasteiger partial charge < -0.3 is 19.7 Å². The molecular formula is C32H40Cl2N8O4. The van der Waals surface area contributed by atoms with Gasteiger partial charge in [-0.05, 0) is 84.8 Å². The van der Waals surface area contributed by atoms with Gasteiger partial charge >= 0.3 is 6.09 Å². The van der Waals surface area contributed by atoms with E-state index in [0.717, 1.165) is 32.1 Å². The van der Waals surface area contributed by atoms with Crippen LogP contribution in [0.15, 0.2) is 16.9 Å². The first-order chi connectivity index (χ1) is 21.7. The number of rotatable bonds is 4. The maximum absolute atomic E-state index is 14.4. The third kappa shape index (κ3) is 5.22. The van der Waals surface area contributed by atoms with Gasteiger partial charge in [0.25, 0.3) is 5.56 Å².